The number of nitrogens with one attached hydrogen (secondary N) is 1. The van der Waals surface area contributed by atoms with Crippen LogP contribution in [0.2, 0.25) is 0 Å². The van der Waals surface area contributed by atoms with Gasteiger partial charge in [0.2, 0.25) is 0 Å². The number of anilines is 1. The van der Waals surface area contributed by atoms with E-state index in [9.17, 15) is 4.39 Å². The van der Waals surface area contributed by atoms with E-state index in [1.54, 1.807) is 12.3 Å². The Bertz CT molecular complexity index is 391. The predicted molar refractivity (Wildman–Crippen MR) is 72.2 cm³/mol. The van der Waals surface area contributed by atoms with Crippen molar-refractivity contribution in [1.29, 1.82) is 0 Å². The van der Waals surface area contributed by atoms with Crippen LogP contribution in [0.5, 0.6) is 0 Å². The number of rotatable bonds is 7. The lowest BCUT2D eigenvalue weighted by molar-refractivity contribution is 0.576. The molecule has 18 heavy (non-hydrogen) atoms. The highest BCUT2D eigenvalue weighted by molar-refractivity contribution is 5.45. The van der Waals surface area contributed by atoms with Crippen LogP contribution in [0.3, 0.4) is 0 Å². The maximum absolute atomic E-state index is 14.4. The average molecular weight is 251 g/mol. The third-order valence-corrected chi connectivity index (χ3v) is 3.24. The molecule has 0 aliphatic heterocycles. The fraction of sp³-hybridized carbons (Fsp3) is 0.643. The molecule has 3 nitrogen and oxygen atoms in total. The van der Waals surface area contributed by atoms with Gasteiger partial charge in [0.25, 0.3) is 0 Å². The first kappa shape index (κ1) is 13.3. The van der Waals surface area contributed by atoms with Crippen molar-refractivity contribution in [3.8, 4) is 0 Å². The SMILES string of the molecule is CCCN(c1nccc(CNCC)c1F)C1CC1. The van der Waals surface area contributed by atoms with Crippen molar-refractivity contribution in [3.63, 3.8) is 0 Å². The van der Waals surface area contributed by atoms with Crippen LogP contribution < -0.4 is 10.2 Å². The zero-order valence-corrected chi connectivity index (χ0v) is 11.2. The summed E-state index contributed by atoms with van der Waals surface area (Å²) in [6.45, 7) is 6.45. The van der Waals surface area contributed by atoms with Crippen molar-refractivity contribution < 1.29 is 4.39 Å². The lowest BCUT2D eigenvalue weighted by atomic mass is 10.2. The van der Waals surface area contributed by atoms with Gasteiger partial charge in [-0.05, 0) is 31.9 Å². The molecule has 2 rings (SSSR count). The Morgan fingerprint density at radius 1 is 1.44 bits per heavy atom. The molecule has 1 aromatic heterocycles. The Morgan fingerprint density at radius 3 is 2.83 bits per heavy atom. The molecule has 1 N–H and O–H groups in total. The van der Waals surface area contributed by atoms with Gasteiger partial charge in [0.1, 0.15) is 0 Å². The van der Waals surface area contributed by atoms with Gasteiger partial charge in [-0.2, -0.15) is 0 Å². The number of halogens is 1. The largest absolute Gasteiger partial charge is 0.351 e. The van der Waals surface area contributed by atoms with Crippen molar-refractivity contribution in [1.82, 2.24) is 10.3 Å². The molecule has 1 heterocycles. The molecule has 1 aliphatic rings. The highest BCUT2D eigenvalue weighted by Crippen LogP contribution is 2.32. The third-order valence-electron chi connectivity index (χ3n) is 3.24. The molecule has 1 aliphatic carbocycles. The fourth-order valence-corrected chi connectivity index (χ4v) is 2.16. The van der Waals surface area contributed by atoms with Gasteiger partial charge in [-0.3, -0.25) is 0 Å². The lowest BCUT2D eigenvalue weighted by Crippen LogP contribution is -2.29. The minimum Gasteiger partial charge on any atom is -0.351 e. The first-order valence-electron chi connectivity index (χ1n) is 6.88. The molecule has 0 unspecified atom stereocenters. The molecule has 0 aromatic carbocycles. The molecule has 1 saturated carbocycles. The molecule has 0 bridgehead atoms. The minimum absolute atomic E-state index is 0.154. The molecule has 4 heteroatoms. The van der Waals surface area contributed by atoms with E-state index >= 15 is 0 Å². The molecule has 1 aromatic rings. The summed E-state index contributed by atoms with van der Waals surface area (Å²) in [5.74, 6) is 0.383. The van der Waals surface area contributed by atoms with Gasteiger partial charge >= 0.3 is 0 Å². The number of nitrogens with zero attached hydrogens (tertiary/aromatic N) is 2. The predicted octanol–water partition coefficient (Wildman–Crippen LogP) is 2.71. The van der Waals surface area contributed by atoms with E-state index in [2.05, 4.69) is 22.1 Å². The average Bonchev–Trinajstić information content (AvgIpc) is 3.19. The Labute approximate surface area is 108 Å². The molecular weight excluding hydrogens is 229 g/mol. The lowest BCUT2D eigenvalue weighted by Gasteiger charge is -2.24. The highest BCUT2D eigenvalue weighted by Gasteiger charge is 2.31. The summed E-state index contributed by atoms with van der Waals surface area (Å²) in [6, 6.07) is 2.26. The summed E-state index contributed by atoms with van der Waals surface area (Å²) in [5, 5.41) is 3.16. The summed E-state index contributed by atoms with van der Waals surface area (Å²) in [6.07, 6.45) is 5.07. The first-order valence-corrected chi connectivity index (χ1v) is 6.88. The van der Waals surface area contributed by atoms with Crippen molar-refractivity contribution in [2.24, 2.45) is 0 Å². The van der Waals surface area contributed by atoms with Crippen LogP contribution in [0.25, 0.3) is 0 Å². The number of hydrogen-bond donors (Lipinski definition) is 1. The second-order valence-corrected chi connectivity index (χ2v) is 4.81. The Kier molecular flexibility index (Phi) is 4.53. The Hall–Kier alpha value is -1.16. The van der Waals surface area contributed by atoms with E-state index in [-0.39, 0.29) is 5.82 Å². The van der Waals surface area contributed by atoms with E-state index in [0.717, 1.165) is 19.5 Å². The summed E-state index contributed by atoms with van der Waals surface area (Å²) in [4.78, 5) is 6.38. The quantitative estimate of drug-likeness (QED) is 0.807. The fourth-order valence-electron chi connectivity index (χ4n) is 2.16. The molecule has 0 atom stereocenters. The van der Waals surface area contributed by atoms with Crippen LogP contribution in [0.1, 0.15) is 38.7 Å². The second-order valence-electron chi connectivity index (χ2n) is 4.81. The van der Waals surface area contributed by atoms with E-state index in [1.165, 1.54) is 12.8 Å². The second kappa shape index (κ2) is 6.14. The number of aromatic nitrogens is 1. The van der Waals surface area contributed by atoms with Crippen molar-refractivity contribution in [2.75, 3.05) is 18.0 Å². The van der Waals surface area contributed by atoms with Gasteiger partial charge in [0, 0.05) is 30.9 Å². The van der Waals surface area contributed by atoms with Crippen LogP contribution in [-0.2, 0) is 6.54 Å². The van der Waals surface area contributed by atoms with Crippen molar-refractivity contribution in [2.45, 2.75) is 45.7 Å². The van der Waals surface area contributed by atoms with Gasteiger partial charge < -0.3 is 10.2 Å². The summed E-state index contributed by atoms with van der Waals surface area (Å²) in [5.41, 5.74) is 0.712. The van der Waals surface area contributed by atoms with Crippen molar-refractivity contribution >= 4 is 5.82 Å². The monoisotopic (exact) mass is 251 g/mol. The van der Waals surface area contributed by atoms with Crippen LogP contribution >= 0.6 is 0 Å². The van der Waals surface area contributed by atoms with Gasteiger partial charge in [-0.15, -0.1) is 0 Å². The summed E-state index contributed by atoms with van der Waals surface area (Å²) in [7, 11) is 0. The summed E-state index contributed by atoms with van der Waals surface area (Å²) >= 11 is 0. The third kappa shape index (κ3) is 2.99. The van der Waals surface area contributed by atoms with E-state index < -0.39 is 0 Å². The highest BCUT2D eigenvalue weighted by atomic mass is 19.1. The maximum atomic E-state index is 14.4. The zero-order valence-electron chi connectivity index (χ0n) is 11.2. The number of pyridine rings is 1. The normalized spacial score (nSPS) is 14.8. The molecule has 0 amide bonds. The van der Waals surface area contributed by atoms with Crippen LogP contribution in [0.4, 0.5) is 10.2 Å². The van der Waals surface area contributed by atoms with Crippen LogP contribution in [0, 0.1) is 5.82 Å². The molecule has 100 valence electrons. The van der Waals surface area contributed by atoms with E-state index in [0.29, 0.717) is 24.0 Å². The van der Waals surface area contributed by atoms with Gasteiger partial charge in [0.15, 0.2) is 11.6 Å². The van der Waals surface area contributed by atoms with E-state index in [4.69, 9.17) is 0 Å². The molecule has 0 radical (unpaired) electrons. The topological polar surface area (TPSA) is 28.2 Å². The smallest absolute Gasteiger partial charge is 0.170 e. The standard InChI is InChI=1S/C14H22FN3/c1-3-9-18(12-5-6-12)14-13(15)11(7-8-17-14)10-16-4-2/h7-8,12,16H,3-6,9-10H2,1-2H3. The van der Waals surface area contributed by atoms with Gasteiger partial charge in [-0.1, -0.05) is 13.8 Å². The van der Waals surface area contributed by atoms with Gasteiger partial charge in [0.05, 0.1) is 0 Å². The first-order chi connectivity index (χ1) is 8.77. The van der Waals surface area contributed by atoms with Crippen LogP contribution in [-0.4, -0.2) is 24.1 Å². The Morgan fingerprint density at radius 2 is 2.22 bits per heavy atom. The summed E-state index contributed by atoms with van der Waals surface area (Å²) < 4.78 is 14.4. The van der Waals surface area contributed by atoms with Gasteiger partial charge in [-0.25, -0.2) is 9.37 Å². The zero-order chi connectivity index (χ0) is 13.0. The maximum Gasteiger partial charge on any atom is 0.170 e. The number of hydrogen-bond acceptors (Lipinski definition) is 3. The molecular formula is C14H22FN3. The Balaban J connectivity index is 2.19. The van der Waals surface area contributed by atoms with Crippen molar-refractivity contribution in [3.05, 3.63) is 23.6 Å². The molecule has 0 spiro atoms. The molecule has 0 saturated heterocycles. The molecule has 1 fully saturated rings. The van der Waals surface area contributed by atoms with Crippen LogP contribution in [0.15, 0.2) is 12.3 Å². The van der Waals surface area contributed by atoms with E-state index in [1.807, 2.05) is 6.92 Å². The minimum atomic E-state index is -0.154.